The minimum atomic E-state index is -2.60. The number of rotatable bonds is 8. The first-order valence-electron chi connectivity index (χ1n) is 11.1. The van der Waals surface area contributed by atoms with E-state index in [0.29, 0.717) is 0 Å². The van der Waals surface area contributed by atoms with E-state index in [1.54, 1.807) is 0 Å². The molecule has 1 unspecified atom stereocenters. The first-order chi connectivity index (χ1) is 15.2. The molecule has 32 heavy (non-hydrogen) atoms. The van der Waals surface area contributed by atoms with Gasteiger partial charge in [-0.3, -0.25) is 0 Å². The summed E-state index contributed by atoms with van der Waals surface area (Å²) in [6.07, 6.45) is 3.17. The Bertz CT molecular complexity index is 954. The second kappa shape index (κ2) is 11.1. The zero-order valence-corrected chi connectivity index (χ0v) is 23.4. The SMILES string of the molecule is CC(O[Si](c1ccccc1)(c1ccccc1)C(C)(C)C)[C@@H](C=C(Br)Br)Cc1ccccc1. The fourth-order valence-corrected chi connectivity index (χ4v) is 9.89. The molecule has 3 aromatic rings. The molecule has 0 bridgehead atoms. The molecule has 168 valence electrons. The van der Waals surface area contributed by atoms with E-state index in [1.165, 1.54) is 15.9 Å². The van der Waals surface area contributed by atoms with E-state index >= 15 is 0 Å². The van der Waals surface area contributed by atoms with Crippen molar-refractivity contribution in [2.45, 2.75) is 45.3 Å². The Kier molecular flexibility index (Phi) is 8.73. The standard InChI is InChI=1S/C28H32Br2OSi/c1-22(24(21-27(29)30)20-23-14-8-5-9-15-23)31-32(28(2,3)4,25-16-10-6-11-17-25)26-18-12-7-13-19-26/h5-19,21-22,24H,20H2,1-4H3/t22?,24-/m1/s1. The number of hydrogen-bond donors (Lipinski definition) is 0. The molecule has 0 N–H and O–H groups in total. The summed E-state index contributed by atoms with van der Waals surface area (Å²) >= 11 is 7.20. The van der Waals surface area contributed by atoms with Gasteiger partial charge in [-0.05, 0) is 66.2 Å². The molecule has 0 saturated carbocycles. The molecular weight excluding hydrogens is 540 g/mol. The Hall–Kier alpha value is -1.46. The largest absolute Gasteiger partial charge is 0.404 e. The van der Waals surface area contributed by atoms with Gasteiger partial charge in [0.2, 0.25) is 0 Å². The summed E-state index contributed by atoms with van der Waals surface area (Å²) in [5.41, 5.74) is 1.31. The van der Waals surface area contributed by atoms with Gasteiger partial charge in [-0.2, -0.15) is 0 Å². The maximum Gasteiger partial charge on any atom is 0.261 e. The molecule has 0 aliphatic rings. The fourth-order valence-electron chi connectivity index (χ4n) is 4.47. The van der Waals surface area contributed by atoms with Crippen molar-refractivity contribution in [1.29, 1.82) is 0 Å². The van der Waals surface area contributed by atoms with Crippen molar-refractivity contribution < 1.29 is 4.43 Å². The Morgan fingerprint density at radius 2 is 1.25 bits per heavy atom. The van der Waals surface area contributed by atoms with Gasteiger partial charge in [0.05, 0.1) is 3.39 Å². The molecule has 0 heterocycles. The van der Waals surface area contributed by atoms with Gasteiger partial charge in [0.15, 0.2) is 0 Å². The van der Waals surface area contributed by atoms with Crippen molar-refractivity contribution in [2.24, 2.45) is 5.92 Å². The van der Waals surface area contributed by atoms with Gasteiger partial charge in [-0.15, -0.1) is 0 Å². The second-order valence-corrected chi connectivity index (χ2v) is 16.3. The molecule has 4 heteroatoms. The monoisotopic (exact) mass is 570 g/mol. The van der Waals surface area contributed by atoms with Crippen LogP contribution in [-0.4, -0.2) is 14.4 Å². The molecule has 0 amide bonds. The van der Waals surface area contributed by atoms with Crippen LogP contribution in [-0.2, 0) is 10.8 Å². The Labute approximate surface area is 211 Å². The van der Waals surface area contributed by atoms with Gasteiger partial charge in [0.25, 0.3) is 8.32 Å². The van der Waals surface area contributed by atoms with Crippen LogP contribution in [0.2, 0.25) is 5.04 Å². The lowest BCUT2D eigenvalue weighted by Crippen LogP contribution is -2.68. The lowest BCUT2D eigenvalue weighted by atomic mass is 9.95. The molecule has 1 nitrogen and oxygen atoms in total. The molecule has 2 atom stereocenters. The van der Waals surface area contributed by atoms with Gasteiger partial charge < -0.3 is 4.43 Å². The van der Waals surface area contributed by atoms with Crippen molar-refractivity contribution in [3.63, 3.8) is 0 Å². The van der Waals surface area contributed by atoms with Crippen LogP contribution < -0.4 is 10.4 Å². The van der Waals surface area contributed by atoms with Crippen LogP contribution in [0.4, 0.5) is 0 Å². The van der Waals surface area contributed by atoms with E-state index in [2.05, 4.69) is 157 Å². The topological polar surface area (TPSA) is 9.23 Å². The molecule has 0 radical (unpaired) electrons. The maximum atomic E-state index is 7.36. The number of halogens is 2. The summed E-state index contributed by atoms with van der Waals surface area (Å²) in [7, 11) is -2.60. The highest BCUT2D eigenvalue weighted by atomic mass is 79.9. The Balaban J connectivity index is 2.09. The van der Waals surface area contributed by atoms with Crippen LogP contribution in [0.5, 0.6) is 0 Å². The minimum Gasteiger partial charge on any atom is -0.404 e. The summed E-state index contributed by atoms with van der Waals surface area (Å²) in [4.78, 5) is 0. The van der Waals surface area contributed by atoms with Crippen LogP contribution in [0.1, 0.15) is 33.3 Å². The summed E-state index contributed by atoms with van der Waals surface area (Å²) in [5, 5.41) is 2.58. The van der Waals surface area contributed by atoms with Crippen molar-refractivity contribution in [3.05, 3.63) is 106 Å². The third kappa shape index (κ3) is 5.90. The highest BCUT2D eigenvalue weighted by molar-refractivity contribution is 9.28. The summed E-state index contributed by atoms with van der Waals surface area (Å²) in [6, 6.07) is 32.4. The van der Waals surface area contributed by atoms with E-state index < -0.39 is 8.32 Å². The zero-order valence-electron chi connectivity index (χ0n) is 19.3. The van der Waals surface area contributed by atoms with E-state index in [9.17, 15) is 0 Å². The van der Waals surface area contributed by atoms with Gasteiger partial charge in [0, 0.05) is 12.0 Å². The summed E-state index contributed by atoms with van der Waals surface area (Å²) < 4.78 is 8.32. The first kappa shape index (κ1) is 25.2. The van der Waals surface area contributed by atoms with E-state index in [1.807, 2.05) is 0 Å². The highest BCUT2D eigenvalue weighted by Gasteiger charge is 2.51. The lowest BCUT2D eigenvalue weighted by Gasteiger charge is -2.45. The van der Waals surface area contributed by atoms with Crippen LogP contribution in [0, 0.1) is 5.92 Å². The maximum absolute atomic E-state index is 7.36. The van der Waals surface area contributed by atoms with Crippen molar-refractivity contribution in [3.8, 4) is 0 Å². The van der Waals surface area contributed by atoms with Gasteiger partial charge in [-0.25, -0.2) is 0 Å². The fraction of sp³-hybridized carbons (Fsp3) is 0.286. The molecule has 0 aliphatic heterocycles. The molecule has 3 aromatic carbocycles. The molecule has 0 fully saturated rings. The van der Waals surface area contributed by atoms with Gasteiger partial charge >= 0.3 is 0 Å². The lowest BCUT2D eigenvalue weighted by molar-refractivity contribution is 0.162. The molecule has 0 aliphatic carbocycles. The van der Waals surface area contributed by atoms with E-state index in [4.69, 9.17) is 4.43 Å². The van der Waals surface area contributed by atoms with Crippen LogP contribution in [0.15, 0.2) is 100 Å². The van der Waals surface area contributed by atoms with Crippen LogP contribution >= 0.6 is 31.9 Å². The smallest absolute Gasteiger partial charge is 0.261 e. The van der Waals surface area contributed by atoms with Crippen molar-refractivity contribution in [1.82, 2.24) is 0 Å². The predicted molar refractivity (Wildman–Crippen MR) is 148 cm³/mol. The third-order valence-electron chi connectivity index (χ3n) is 6.04. The van der Waals surface area contributed by atoms with Crippen molar-refractivity contribution in [2.75, 3.05) is 0 Å². The van der Waals surface area contributed by atoms with Crippen LogP contribution in [0.3, 0.4) is 0 Å². The third-order valence-corrected chi connectivity index (χ3v) is 11.7. The van der Waals surface area contributed by atoms with Gasteiger partial charge in [-0.1, -0.05) is 118 Å². The molecular formula is C28H32Br2OSi. The minimum absolute atomic E-state index is 0.0200. The van der Waals surface area contributed by atoms with E-state index in [-0.39, 0.29) is 17.1 Å². The van der Waals surface area contributed by atoms with E-state index in [0.717, 1.165) is 9.81 Å². The Morgan fingerprint density at radius 3 is 1.66 bits per heavy atom. The normalized spacial score (nSPS) is 13.9. The average Bonchev–Trinajstić information content (AvgIpc) is 2.77. The molecule has 0 saturated heterocycles. The van der Waals surface area contributed by atoms with Crippen molar-refractivity contribution >= 4 is 50.6 Å². The second-order valence-electron chi connectivity index (χ2n) is 9.30. The quantitative estimate of drug-likeness (QED) is 0.255. The average molecular weight is 572 g/mol. The number of hydrogen-bond acceptors (Lipinski definition) is 1. The molecule has 3 rings (SSSR count). The Morgan fingerprint density at radius 1 is 0.812 bits per heavy atom. The van der Waals surface area contributed by atoms with Gasteiger partial charge in [0.1, 0.15) is 0 Å². The molecule has 0 aromatic heterocycles. The summed E-state index contributed by atoms with van der Waals surface area (Å²) in [6.45, 7) is 9.21. The highest BCUT2D eigenvalue weighted by Crippen LogP contribution is 2.39. The molecule has 0 spiro atoms. The van der Waals surface area contributed by atoms with Crippen LogP contribution in [0.25, 0.3) is 0 Å². The summed E-state index contributed by atoms with van der Waals surface area (Å²) in [5.74, 6) is 0.216. The number of benzene rings is 3. The zero-order chi connectivity index (χ0) is 23.2. The first-order valence-corrected chi connectivity index (χ1v) is 14.6. The predicted octanol–water partition coefficient (Wildman–Crippen LogP) is 7.44.